The van der Waals surface area contributed by atoms with Crippen LogP contribution < -0.4 is 10.2 Å². The molecule has 6 heteroatoms. The highest BCUT2D eigenvalue weighted by atomic mass is 35.5. The number of fused-ring (bicyclic) bond motifs is 1. The summed E-state index contributed by atoms with van der Waals surface area (Å²) in [5.74, 6) is -1.23. The minimum Gasteiger partial charge on any atom is -0.421 e. The highest BCUT2D eigenvalue weighted by molar-refractivity contribution is 6.31. The van der Waals surface area contributed by atoms with E-state index in [1.54, 1.807) is 6.92 Å². The van der Waals surface area contributed by atoms with E-state index >= 15 is 0 Å². The monoisotopic (exact) mass is 309 g/mol. The fourth-order valence-corrected chi connectivity index (χ4v) is 2.40. The largest absolute Gasteiger partial charge is 0.421 e. The summed E-state index contributed by atoms with van der Waals surface area (Å²) in [6.45, 7) is 1.64. The van der Waals surface area contributed by atoms with Gasteiger partial charge in [0.25, 0.3) is 0 Å². The van der Waals surface area contributed by atoms with Gasteiger partial charge in [0.05, 0.1) is 22.1 Å². The Bertz CT molecular complexity index is 796. The van der Waals surface area contributed by atoms with Crippen molar-refractivity contribution in [2.75, 3.05) is 0 Å². The molecule has 0 amide bonds. The van der Waals surface area contributed by atoms with Gasteiger partial charge in [-0.25, -0.2) is 4.39 Å². The standard InChI is InChI=1S/C15H13ClFNO3/c1-2-14(19)21-13-7-18(8-3-4-8)12-6-10(16)11(17)5-9(12)15(13)20/h5-8H,2-4H2,1H3. The molecule has 110 valence electrons. The zero-order chi connectivity index (χ0) is 15.1. The number of nitrogens with zero attached hydrogens (tertiary/aromatic N) is 1. The van der Waals surface area contributed by atoms with Crippen LogP contribution in [0.25, 0.3) is 10.9 Å². The van der Waals surface area contributed by atoms with Crippen molar-refractivity contribution in [3.8, 4) is 5.75 Å². The first-order valence-electron chi connectivity index (χ1n) is 6.75. The molecular formula is C15H13ClFNO3. The summed E-state index contributed by atoms with van der Waals surface area (Å²) in [7, 11) is 0. The Balaban J connectivity index is 2.26. The van der Waals surface area contributed by atoms with Gasteiger partial charge in [0, 0.05) is 12.5 Å². The Hall–Kier alpha value is -1.88. The number of esters is 1. The molecule has 0 atom stereocenters. The number of carbonyl (C=O) groups excluding carboxylic acids is 1. The summed E-state index contributed by atoms with van der Waals surface area (Å²) in [6.07, 6.45) is 3.61. The number of hydrogen-bond donors (Lipinski definition) is 0. The molecule has 0 aliphatic heterocycles. The zero-order valence-electron chi connectivity index (χ0n) is 11.4. The first-order chi connectivity index (χ1) is 10.0. The van der Waals surface area contributed by atoms with Gasteiger partial charge in [-0.15, -0.1) is 0 Å². The Labute approximate surface area is 125 Å². The summed E-state index contributed by atoms with van der Waals surface area (Å²) >= 11 is 5.81. The van der Waals surface area contributed by atoms with Gasteiger partial charge < -0.3 is 9.30 Å². The molecule has 1 saturated carbocycles. The van der Waals surface area contributed by atoms with Crippen molar-refractivity contribution in [1.29, 1.82) is 0 Å². The van der Waals surface area contributed by atoms with Gasteiger partial charge >= 0.3 is 5.97 Å². The highest BCUT2D eigenvalue weighted by Crippen LogP contribution is 2.38. The number of rotatable bonds is 3. The number of pyridine rings is 1. The van der Waals surface area contributed by atoms with E-state index in [9.17, 15) is 14.0 Å². The lowest BCUT2D eigenvalue weighted by Gasteiger charge is -2.13. The number of hydrogen-bond acceptors (Lipinski definition) is 3. The number of halogens is 2. The normalized spacial score (nSPS) is 14.4. The SMILES string of the molecule is CCC(=O)Oc1cn(C2CC2)c2cc(Cl)c(F)cc2c1=O. The van der Waals surface area contributed by atoms with Crippen molar-refractivity contribution in [2.24, 2.45) is 0 Å². The van der Waals surface area contributed by atoms with Crippen LogP contribution in [0, 0.1) is 5.82 Å². The van der Waals surface area contributed by atoms with E-state index in [-0.39, 0.29) is 28.6 Å². The van der Waals surface area contributed by atoms with Crippen LogP contribution in [0.2, 0.25) is 5.02 Å². The van der Waals surface area contributed by atoms with Gasteiger partial charge in [-0.3, -0.25) is 9.59 Å². The van der Waals surface area contributed by atoms with Gasteiger partial charge in [0.15, 0.2) is 5.75 Å². The third kappa shape index (κ3) is 2.53. The maximum absolute atomic E-state index is 13.6. The van der Waals surface area contributed by atoms with Crippen molar-refractivity contribution < 1.29 is 13.9 Å². The van der Waals surface area contributed by atoms with E-state index < -0.39 is 17.2 Å². The molecule has 1 aromatic carbocycles. The van der Waals surface area contributed by atoms with Crippen molar-refractivity contribution in [3.63, 3.8) is 0 Å². The maximum atomic E-state index is 13.6. The Morgan fingerprint density at radius 2 is 2.19 bits per heavy atom. The lowest BCUT2D eigenvalue weighted by Crippen LogP contribution is -2.17. The Kier molecular flexibility index (Phi) is 3.45. The second-order valence-corrected chi connectivity index (χ2v) is 5.48. The summed E-state index contributed by atoms with van der Waals surface area (Å²) in [6, 6.07) is 2.77. The Morgan fingerprint density at radius 1 is 1.48 bits per heavy atom. The highest BCUT2D eigenvalue weighted by Gasteiger charge is 2.26. The first kappa shape index (κ1) is 14.1. The van der Waals surface area contributed by atoms with Crippen LogP contribution in [-0.4, -0.2) is 10.5 Å². The summed E-state index contributed by atoms with van der Waals surface area (Å²) < 4.78 is 20.5. The van der Waals surface area contributed by atoms with Gasteiger partial charge in [0.1, 0.15) is 5.82 Å². The van der Waals surface area contributed by atoms with Crippen molar-refractivity contribution in [3.05, 3.63) is 39.4 Å². The summed E-state index contributed by atoms with van der Waals surface area (Å²) in [5.41, 5.74) is 0.0597. The second-order valence-electron chi connectivity index (χ2n) is 5.07. The molecule has 1 aromatic heterocycles. The number of carbonyl (C=O) groups is 1. The fraction of sp³-hybridized carbons (Fsp3) is 0.333. The second kappa shape index (κ2) is 5.15. The molecule has 4 nitrogen and oxygen atoms in total. The van der Waals surface area contributed by atoms with Gasteiger partial charge in [0.2, 0.25) is 5.43 Å². The van der Waals surface area contributed by atoms with Gasteiger partial charge in [-0.2, -0.15) is 0 Å². The minimum atomic E-state index is -0.664. The summed E-state index contributed by atoms with van der Waals surface area (Å²) in [5, 5.41) is 0.139. The average molecular weight is 310 g/mol. The smallest absolute Gasteiger partial charge is 0.311 e. The number of ether oxygens (including phenoxy) is 1. The molecule has 0 N–H and O–H groups in total. The molecule has 3 rings (SSSR count). The predicted molar refractivity (Wildman–Crippen MR) is 77.4 cm³/mol. The van der Waals surface area contributed by atoms with Crippen LogP contribution in [0.1, 0.15) is 32.2 Å². The molecular weight excluding hydrogens is 297 g/mol. The quantitative estimate of drug-likeness (QED) is 0.816. The molecule has 1 aliphatic rings. The number of aromatic nitrogens is 1. The molecule has 1 fully saturated rings. The molecule has 1 heterocycles. The molecule has 0 unspecified atom stereocenters. The van der Waals surface area contributed by atoms with E-state index in [1.165, 1.54) is 12.3 Å². The van der Waals surface area contributed by atoms with Crippen LogP contribution in [0.4, 0.5) is 4.39 Å². The lowest BCUT2D eigenvalue weighted by molar-refractivity contribution is -0.134. The Morgan fingerprint density at radius 3 is 2.81 bits per heavy atom. The van der Waals surface area contributed by atoms with Gasteiger partial charge in [-0.1, -0.05) is 18.5 Å². The first-order valence-corrected chi connectivity index (χ1v) is 7.13. The average Bonchev–Trinajstić information content (AvgIpc) is 3.28. The van der Waals surface area contributed by atoms with Crippen molar-refractivity contribution >= 4 is 28.5 Å². The van der Waals surface area contributed by atoms with Crippen molar-refractivity contribution in [2.45, 2.75) is 32.2 Å². The molecule has 0 saturated heterocycles. The third-order valence-corrected chi connectivity index (χ3v) is 3.78. The van der Waals surface area contributed by atoms with E-state index in [2.05, 4.69) is 0 Å². The maximum Gasteiger partial charge on any atom is 0.311 e. The molecule has 0 radical (unpaired) electrons. The van der Waals surface area contributed by atoms with Crippen LogP contribution in [0.3, 0.4) is 0 Å². The summed E-state index contributed by atoms with van der Waals surface area (Å²) in [4.78, 5) is 23.8. The van der Waals surface area contributed by atoms with E-state index in [1.807, 2.05) is 4.57 Å². The predicted octanol–water partition coefficient (Wildman–Crippen LogP) is 3.44. The van der Waals surface area contributed by atoms with E-state index in [0.717, 1.165) is 18.9 Å². The number of benzene rings is 1. The topological polar surface area (TPSA) is 48.3 Å². The molecule has 1 aliphatic carbocycles. The van der Waals surface area contributed by atoms with Crippen LogP contribution in [0.5, 0.6) is 5.75 Å². The van der Waals surface area contributed by atoms with Crippen LogP contribution >= 0.6 is 11.6 Å². The lowest BCUT2D eigenvalue weighted by atomic mass is 10.2. The minimum absolute atomic E-state index is 0.0328. The van der Waals surface area contributed by atoms with E-state index in [4.69, 9.17) is 16.3 Å². The fourth-order valence-electron chi connectivity index (χ4n) is 2.24. The van der Waals surface area contributed by atoms with E-state index in [0.29, 0.717) is 5.52 Å². The molecule has 0 spiro atoms. The molecule has 0 bridgehead atoms. The molecule has 2 aromatic rings. The van der Waals surface area contributed by atoms with Crippen molar-refractivity contribution in [1.82, 2.24) is 4.57 Å². The van der Waals surface area contributed by atoms with Crippen LogP contribution in [-0.2, 0) is 4.79 Å². The molecule has 21 heavy (non-hydrogen) atoms. The third-order valence-electron chi connectivity index (χ3n) is 3.49. The zero-order valence-corrected chi connectivity index (χ0v) is 12.1. The van der Waals surface area contributed by atoms with Crippen LogP contribution in [0.15, 0.2) is 23.1 Å². The van der Waals surface area contributed by atoms with Gasteiger partial charge in [-0.05, 0) is 25.0 Å².